The fourth-order valence-corrected chi connectivity index (χ4v) is 3.14. The summed E-state index contributed by atoms with van der Waals surface area (Å²) in [6.07, 6.45) is 9.85. The summed E-state index contributed by atoms with van der Waals surface area (Å²) in [5, 5.41) is 9.35. The summed E-state index contributed by atoms with van der Waals surface area (Å²) in [4.78, 5) is 37.8. The number of nitrogens with zero attached hydrogens (tertiary/aromatic N) is 1. The van der Waals surface area contributed by atoms with Gasteiger partial charge in [-0.15, -0.1) is 0 Å². The molecule has 1 aromatic carbocycles. The van der Waals surface area contributed by atoms with Gasteiger partial charge in [0.05, 0.1) is 6.42 Å². The molecule has 1 heterocycles. The van der Waals surface area contributed by atoms with Gasteiger partial charge in [-0.3, -0.25) is 19.3 Å². The van der Waals surface area contributed by atoms with Crippen LogP contribution >= 0.6 is 0 Å². The van der Waals surface area contributed by atoms with Crippen molar-refractivity contribution in [1.29, 1.82) is 0 Å². The van der Waals surface area contributed by atoms with Crippen LogP contribution < -0.4 is 0 Å². The Hall–Kier alpha value is -2.43. The lowest BCUT2D eigenvalue weighted by Gasteiger charge is -2.20. The fraction of sp³-hybridized carbons (Fsp3) is 0.476. The van der Waals surface area contributed by atoms with Crippen LogP contribution in [0.4, 0.5) is 0 Å². The number of benzene rings is 1. The van der Waals surface area contributed by atoms with Gasteiger partial charge in [0, 0.05) is 6.42 Å². The van der Waals surface area contributed by atoms with Crippen LogP contribution in [-0.2, 0) is 20.8 Å². The van der Waals surface area contributed by atoms with Crippen LogP contribution in [0, 0.1) is 0 Å². The second kappa shape index (κ2) is 9.90. The molecule has 0 radical (unpaired) electrons. The Balaban J connectivity index is 1.93. The summed E-state index contributed by atoms with van der Waals surface area (Å²) in [7, 11) is 0. The van der Waals surface area contributed by atoms with Gasteiger partial charge in [0.1, 0.15) is 11.8 Å². The summed E-state index contributed by atoms with van der Waals surface area (Å²) in [5.74, 6) is -0.948. The molecule has 5 heteroatoms. The molecule has 0 aliphatic carbocycles. The molecule has 26 heavy (non-hydrogen) atoms. The van der Waals surface area contributed by atoms with Crippen molar-refractivity contribution < 1.29 is 19.5 Å². The predicted molar refractivity (Wildman–Crippen MR) is 99.6 cm³/mol. The summed E-state index contributed by atoms with van der Waals surface area (Å²) in [6, 6.07) is 5.69. The molecule has 0 spiro atoms. The third kappa shape index (κ3) is 5.55. The highest BCUT2D eigenvalue weighted by Gasteiger charge is 2.41. The minimum absolute atomic E-state index is 0.136. The van der Waals surface area contributed by atoms with Gasteiger partial charge in [-0.1, -0.05) is 50.8 Å². The van der Waals surface area contributed by atoms with Gasteiger partial charge in [-0.25, -0.2) is 0 Å². The van der Waals surface area contributed by atoms with E-state index in [1.54, 1.807) is 18.2 Å². The van der Waals surface area contributed by atoms with E-state index >= 15 is 0 Å². The van der Waals surface area contributed by atoms with Gasteiger partial charge < -0.3 is 5.11 Å². The smallest absolute Gasteiger partial charge is 0.253 e. The average molecular weight is 357 g/mol. The first-order chi connectivity index (χ1) is 12.5. The number of phenols is 1. The molecule has 5 nitrogen and oxygen atoms in total. The number of carbonyl (C=O) groups excluding carboxylic acids is 3. The largest absolute Gasteiger partial charge is 0.508 e. The van der Waals surface area contributed by atoms with E-state index in [0.717, 1.165) is 29.7 Å². The quantitative estimate of drug-likeness (QED) is 0.417. The van der Waals surface area contributed by atoms with Crippen LogP contribution in [-0.4, -0.2) is 33.6 Å². The average Bonchev–Trinajstić information content (AvgIpc) is 2.89. The summed E-state index contributed by atoms with van der Waals surface area (Å²) in [5.41, 5.74) is 0.800. The zero-order valence-corrected chi connectivity index (χ0v) is 15.3. The van der Waals surface area contributed by atoms with E-state index in [1.165, 1.54) is 37.5 Å². The van der Waals surface area contributed by atoms with Crippen molar-refractivity contribution in [3.63, 3.8) is 0 Å². The molecule has 1 aliphatic heterocycles. The number of likely N-dealkylation sites (tertiary alicyclic amines) is 1. The number of hydrogen-bond donors (Lipinski definition) is 1. The first kappa shape index (κ1) is 19.9. The van der Waals surface area contributed by atoms with Crippen LogP contribution in [0.25, 0.3) is 0 Å². The standard InChI is InChI=1S/C21H27NO4/c1-2-3-4-5-6-7-8-9-20(25)22-18(19(24)15-21(22)26)14-16-10-12-17(23)13-11-16/h8-13,18,23H,2-7,14-15H2,1H3/b9-8+. The Kier molecular flexibility index (Phi) is 7.57. The number of rotatable bonds is 9. The molecule has 0 bridgehead atoms. The Morgan fingerprint density at radius 2 is 1.85 bits per heavy atom. The lowest BCUT2D eigenvalue weighted by Crippen LogP contribution is -2.41. The number of aromatic hydroxyl groups is 1. The van der Waals surface area contributed by atoms with Crippen molar-refractivity contribution in [2.45, 2.75) is 64.3 Å². The number of amides is 2. The topological polar surface area (TPSA) is 74.7 Å². The zero-order valence-electron chi connectivity index (χ0n) is 15.3. The van der Waals surface area contributed by atoms with Crippen LogP contribution in [0.5, 0.6) is 5.75 Å². The lowest BCUT2D eigenvalue weighted by molar-refractivity contribution is -0.141. The Bertz CT molecular complexity index is 663. The normalized spacial score (nSPS) is 17.4. The highest BCUT2D eigenvalue weighted by molar-refractivity contribution is 6.16. The molecule has 1 saturated heterocycles. The summed E-state index contributed by atoms with van der Waals surface area (Å²) >= 11 is 0. The van der Waals surface area contributed by atoms with Crippen molar-refractivity contribution >= 4 is 17.6 Å². The predicted octanol–water partition coefficient (Wildman–Crippen LogP) is 3.55. The van der Waals surface area contributed by atoms with Crippen molar-refractivity contribution in [2.24, 2.45) is 0 Å². The number of Topliss-reactive ketones (excluding diaryl/α,β-unsaturated/α-hetero) is 1. The highest BCUT2D eigenvalue weighted by Crippen LogP contribution is 2.21. The first-order valence-corrected chi connectivity index (χ1v) is 9.36. The lowest BCUT2D eigenvalue weighted by atomic mass is 10.0. The Morgan fingerprint density at radius 1 is 1.15 bits per heavy atom. The molecule has 0 saturated carbocycles. The zero-order chi connectivity index (χ0) is 18.9. The van der Waals surface area contributed by atoms with Gasteiger partial charge in [0.2, 0.25) is 5.91 Å². The van der Waals surface area contributed by atoms with Crippen LogP contribution in [0.15, 0.2) is 36.4 Å². The number of unbranched alkanes of at least 4 members (excludes halogenated alkanes) is 5. The van der Waals surface area contributed by atoms with E-state index in [9.17, 15) is 19.5 Å². The minimum atomic E-state index is -0.756. The number of carbonyl (C=O) groups is 3. The van der Waals surface area contributed by atoms with Crippen LogP contribution in [0.2, 0.25) is 0 Å². The Morgan fingerprint density at radius 3 is 2.54 bits per heavy atom. The van der Waals surface area contributed by atoms with Crippen molar-refractivity contribution in [1.82, 2.24) is 4.90 Å². The van der Waals surface area contributed by atoms with Gasteiger partial charge in [0.25, 0.3) is 5.91 Å². The molecular weight excluding hydrogens is 330 g/mol. The molecule has 1 fully saturated rings. The van der Waals surface area contributed by atoms with Gasteiger partial charge in [-0.2, -0.15) is 0 Å². The molecule has 2 amide bonds. The maximum atomic E-state index is 12.4. The molecule has 1 N–H and O–H groups in total. The molecule has 1 aliphatic rings. The second-order valence-electron chi connectivity index (χ2n) is 6.74. The van der Waals surface area contributed by atoms with E-state index in [4.69, 9.17) is 0 Å². The molecule has 1 aromatic rings. The van der Waals surface area contributed by atoms with Crippen molar-refractivity contribution in [3.8, 4) is 5.75 Å². The third-order valence-corrected chi connectivity index (χ3v) is 4.62. The molecule has 140 valence electrons. The Labute approximate surface area is 154 Å². The third-order valence-electron chi connectivity index (χ3n) is 4.62. The van der Waals surface area contributed by atoms with Crippen LogP contribution in [0.3, 0.4) is 0 Å². The minimum Gasteiger partial charge on any atom is -0.508 e. The van der Waals surface area contributed by atoms with E-state index < -0.39 is 17.9 Å². The van der Waals surface area contributed by atoms with Crippen LogP contribution in [0.1, 0.15) is 57.4 Å². The number of allylic oxidation sites excluding steroid dienone is 1. The monoisotopic (exact) mass is 357 g/mol. The molecule has 1 atom stereocenters. The molecule has 2 rings (SSSR count). The van der Waals surface area contributed by atoms with E-state index in [-0.39, 0.29) is 24.4 Å². The van der Waals surface area contributed by atoms with Crippen molar-refractivity contribution in [3.05, 3.63) is 42.0 Å². The molecule has 1 unspecified atom stereocenters. The fourth-order valence-electron chi connectivity index (χ4n) is 3.14. The second-order valence-corrected chi connectivity index (χ2v) is 6.74. The molecular formula is C21H27NO4. The number of phenolic OH excluding ortho intramolecular Hbond substituents is 1. The van der Waals surface area contributed by atoms with Crippen molar-refractivity contribution in [2.75, 3.05) is 0 Å². The highest BCUT2D eigenvalue weighted by atomic mass is 16.3. The van der Waals surface area contributed by atoms with Gasteiger partial charge in [-0.05, 0) is 36.6 Å². The van der Waals surface area contributed by atoms with Gasteiger partial charge in [0.15, 0.2) is 5.78 Å². The summed E-state index contributed by atoms with van der Waals surface area (Å²) < 4.78 is 0. The van der Waals surface area contributed by atoms with E-state index in [0.29, 0.717) is 0 Å². The van der Waals surface area contributed by atoms with E-state index in [1.807, 2.05) is 0 Å². The first-order valence-electron chi connectivity index (χ1n) is 9.36. The van der Waals surface area contributed by atoms with Gasteiger partial charge >= 0.3 is 0 Å². The summed E-state index contributed by atoms with van der Waals surface area (Å²) in [6.45, 7) is 2.17. The molecule has 0 aromatic heterocycles. The maximum absolute atomic E-state index is 12.4. The number of ketones is 1. The maximum Gasteiger partial charge on any atom is 0.253 e. The van der Waals surface area contributed by atoms with E-state index in [2.05, 4.69) is 6.92 Å². The number of imide groups is 1. The number of hydrogen-bond acceptors (Lipinski definition) is 4. The SMILES string of the molecule is CCCCCCC/C=C/C(=O)N1C(=O)CC(=O)C1Cc1ccc(O)cc1.